The van der Waals surface area contributed by atoms with Gasteiger partial charge in [-0.3, -0.25) is 4.79 Å². The molecule has 5 N–H and O–H groups in total. The second-order valence-electron chi connectivity index (χ2n) is 4.92. The minimum atomic E-state index is -1.25. The first-order chi connectivity index (χ1) is 8.51. The van der Waals surface area contributed by atoms with Crippen LogP contribution in [-0.4, -0.2) is 57.3 Å². The summed E-state index contributed by atoms with van der Waals surface area (Å²) in [6.45, 7) is 1.67. The second kappa shape index (κ2) is 7.04. The Balaban J connectivity index is 2.57. The van der Waals surface area contributed by atoms with Crippen molar-refractivity contribution in [3.05, 3.63) is 0 Å². The second-order valence-corrected chi connectivity index (χ2v) is 4.92. The molecule has 1 amide bonds. The Labute approximate surface area is 107 Å². The molecule has 0 spiro atoms. The van der Waals surface area contributed by atoms with E-state index in [1.807, 2.05) is 6.92 Å². The number of carbonyl (C=O) groups is 1. The molecule has 0 bridgehead atoms. The summed E-state index contributed by atoms with van der Waals surface area (Å²) < 4.78 is 0. The molecule has 0 aromatic carbocycles. The molecule has 1 aliphatic carbocycles. The zero-order chi connectivity index (χ0) is 13.7. The van der Waals surface area contributed by atoms with E-state index in [9.17, 15) is 20.1 Å². The first-order valence-corrected chi connectivity index (χ1v) is 6.45. The maximum atomic E-state index is 11.6. The molecule has 0 aromatic heterocycles. The van der Waals surface area contributed by atoms with Gasteiger partial charge in [-0.15, -0.1) is 0 Å². The molecule has 6 nitrogen and oxygen atoms in total. The van der Waals surface area contributed by atoms with E-state index >= 15 is 0 Å². The normalized spacial score (nSPS) is 36.4. The molecule has 3 unspecified atom stereocenters. The molecule has 18 heavy (non-hydrogen) atoms. The van der Waals surface area contributed by atoms with Gasteiger partial charge in [0, 0.05) is 18.9 Å². The van der Waals surface area contributed by atoms with Crippen LogP contribution in [0.3, 0.4) is 0 Å². The predicted octanol–water partition coefficient (Wildman–Crippen LogP) is -1.24. The summed E-state index contributed by atoms with van der Waals surface area (Å²) >= 11 is 0. The van der Waals surface area contributed by atoms with Gasteiger partial charge in [-0.05, 0) is 12.8 Å². The summed E-state index contributed by atoms with van der Waals surface area (Å²) in [4.78, 5) is 11.6. The number of hydrogen-bond donors (Lipinski definition) is 5. The summed E-state index contributed by atoms with van der Waals surface area (Å²) in [5.74, 6) is -0.798. The maximum absolute atomic E-state index is 11.6. The van der Waals surface area contributed by atoms with E-state index in [-0.39, 0.29) is 18.9 Å². The Morgan fingerprint density at radius 2 is 1.94 bits per heavy atom. The summed E-state index contributed by atoms with van der Waals surface area (Å²) in [5.41, 5.74) is 0. The topological polar surface area (TPSA) is 110 Å². The van der Waals surface area contributed by atoms with Crippen LogP contribution in [0.1, 0.15) is 32.6 Å². The van der Waals surface area contributed by atoms with Crippen LogP contribution in [0.15, 0.2) is 0 Å². The molecule has 1 fully saturated rings. The van der Waals surface area contributed by atoms with Crippen molar-refractivity contribution in [3.8, 4) is 0 Å². The third-order valence-electron chi connectivity index (χ3n) is 3.48. The summed E-state index contributed by atoms with van der Waals surface area (Å²) in [6, 6.07) is -0.868. The van der Waals surface area contributed by atoms with Crippen molar-refractivity contribution in [2.45, 2.75) is 57.0 Å². The molecule has 106 valence electrons. The fourth-order valence-corrected chi connectivity index (χ4v) is 2.27. The highest BCUT2D eigenvalue weighted by molar-refractivity contribution is 5.76. The highest BCUT2D eigenvalue weighted by atomic mass is 16.3. The molecule has 1 saturated carbocycles. The van der Waals surface area contributed by atoms with E-state index in [2.05, 4.69) is 5.32 Å². The van der Waals surface area contributed by atoms with E-state index in [4.69, 9.17) is 5.11 Å². The summed E-state index contributed by atoms with van der Waals surface area (Å²) in [6.07, 6.45) is -1.21. The van der Waals surface area contributed by atoms with E-state index in [1.54, 1.807) is 0 Å². The molecule has 0 radical (unpaired) electrons. The fraction of sp³-hybridized carbons (Fsp3) is 0.917. The molecule has 1 rings (SSSR count). The lowest BCUT2D eigenvalue weighted by Crippen LogP contribution is -2.61. The molecular weight excluding hydrogens is 238 g/mol. The first kappa shape index (κ1) is 15.4. The Kier molecular flexibility index (Phi) is 6.01. The highest BCUT2D eigenvalue weighted by Gasteiger charge is 2.42. The van der Waals surface area contributed by atoms with Crippen LogP contribution in [0, 0.1) is 5.92 Å². The van der Waals surface area contributed by atoms with Crippen molar-refractivity contribution in [2.24, 2.45) is 5.92 Å². The van der Waals surface area contributed by atoms with Gasteiger partial charge in [-0.1, -0.05) is 13.3 Å². The Hall–Kier alpha value is -0.690. The van der Waals surface area contributed by atoms with E-state index in [0.29, 0.717) is 6.42 Å². The largest absolute Gasteiger partial charge is 0.396 e. The predicted molar refractivity (Wildman–Crippen MR) is 64.7 cm³/mol. The standard InChI is InChI=1S/C12H23NO5/c1-2-3-4-9(16)13-10-8(15)5-7(6-14)11(17)12(10)18/h7-8,10-12,14-15,17-18H,2-6H2,1H3,(H,13,16)/t7?,8?,10-,11+,12?/m0/s1. The van der Waals surface area contributed by atoms with Crippen LogP contribution >= 0.6 is 0 Å². The average molecular weight is 261 g/mol. The lowest BCUT2D eigenvalue weighted by atomic mass is 9.79. The number of unbranched alkanes of at least 4 members (excludes halogenated alkanes) is 1. The third-order valence-corrected chi connectivity index (χ3v) is 3.48. The van der Waals surface area contributed by atoms with Crippen LogP contribution in [0.2, 0.25) is 0 Å². The lowest BCUT2D eigenvalue weighted by Gasteiger charge is -2.40. The lowest BCUT2D eigenvalue weighted by molar-refractivity contribution is -0.135. The molecule has 0 saturated heterocycles. The molecular formula is C12H23NO5. The summed E-state index contributed by atoms with van der Waals surface area (Å²) in [5, 5.41) is 41.0. The first-order valence-electron chi connectivity index (χ1n) is 6.45. The van der Waals surface area contributed by atoms with E-state index < -0.39 is 30.3 Å². The van der Waals surface area contributed by atoms with Gasteiger partial charge < -0.3 is 25.7 Å². The van der Waals surface area contributed by atoms with Crippen molar-refractivity contribution in [3.63, 3.8) is 0 Å². The minimum absolute atomic E-state index is 0.160. The zero-order valence-electron chi connectivity index (χ0n) is 10.6. The van der Waals surface area contributed by atoms with Gasteiger partial charge in [-0.2, -0.15) is 0 Å². The van der Waals surface area contributed by atoms with E-state index in [0.717, 1.165) is 12.8 Å². The SMILES string of the molecule is CCCCC(=O)N[C@H]1C(O)CC(CO)[C@@H](O)C1O. The van der Waals surface area contributed by atoms with Gasteiger partial charge in [0.05, 0.1) is 18.2 Å². The van der Waals surface area contributed by atoms with Crippen LogP contribution < -0.4 is 5.32 Å². The molecule has 6 heteroatoms. The number of amides is 1. The summed E-state index contributed by atoms with van der Waals surface area (Å²) in [7, 11) is 0. The van der Waals surface area contributed by atoms with Gasteiger partial charge in [0.1, 0.15) is 6.10 Å². The van der Waals surface area contributed by atoms with Crippen LogP contribution in [0.25, 0.3) is 0 Å². The fourth-order valence-electron chi connectivity index (χ4n) is 2.27. The molecule has 0 aliphatic heterocycles. The monoisotopic (exact) mass is 261 g/mol. The van der Waals surface area contributed by atoms with Crippen molar-refractivity contribution in [1.29, 1.82) is 0 Å². The quantitative estimate of drug-likeness (QED) is 0.425. The number of hydrogen-bond acceptors (Lipinski definition) is 5. The van der Waals surface area contributed by atoms with Gasteiger partial charge >= 0.3 is 0 Å². The zero-order valence-corrected chi connectivity index (χ0v) is 10.6. The number of rotatable bonds is 5. The van der Waals surface area contributed by atoms with Gasteiger partial charge in [-0.25, -0.2) is 0 Å². The minimum Gasteiger partial charge on any atom is -0.396 e. The third kappa shape index (κ3) is 3.65. The van der Waals surface area contributed by atoms with E-state index in [1.165, 1.54) is 0 Å². The Bertz CT molecular complexity index is 273. The number of aliphatic hydroxyl groups is 4. The van der Waals surface area contributed by atoms with Crippen molar-refractivity contribution in [2.75, 3.05) is 6.61 Å². The molecule has 0 heterocycles. The molecule has 0 aromatic rings. The van der Waals surface area contributed by atoms with Gasteiger partial charge in [0.15, 0.2) is 0 Å². The number of carbonyl (C=O) groups excluding carboxylic acids is 1. The number of aliphatic hydroxyl groups excluding tert-OH is 4. The molecule has 5 atom stereocenters. The Morgan fingerprint density at radius 3 is 2.50 bits per heavy atom. The van der Waals surface area contributed by atoms with Crippen LogP contribution in [0.5, 0.6) is 0 Å². The van der Waals surface area contributed by atoms with Crippen LogP contribution in [-0.2, 0) is 4.79 Å². The highest BCUT2D eigenvalue weighted by Crippen LogP contribution is 2.25. The van der Waals surface area contributed by atoms with Gasteiger partial charge in [0.25, 0.3) is 0 Å². The maximum Gasteiger partial charge on any atom is 0.220 e. The number of nitrogens with one attached hydrogen (secondary N) is 1. The van der Waals surface area contributed by atoms with Crippen molar-refractivity contribution < 1.29 is 25.2 Å². The van der Waals surface area contributed by atoms with Crippen molar-refractivity contribution >= 4 is 5.91 Å². The Morgan fingerprint density at radius 1 is 1.28 bits per heavy atom. The average Bonchev–Trinajstić information content (AvgIpc) is 2.36. The molecule has 1 aliphatic rings. The van der Waals surface area contributed by atoms with Crippen LogP contribution in [0.4, 0.5) is 0 Å². The van der Waals surface area contributed by atoms with Crippen molar-refractivity contribution in [1.82, 2.24) is 5.32 Å². The van der Waals surface area contributed by atoms with Gasteiger partial charge in [0.2, 0.25) is 5.91 Å². The smallest absolute Gasteiger partial charge is 0.220 e.